The Kier molecular flexibility index (Phi) is 5.29. The molecule has 6 rings (SSSR count). The molecule has 4 aromatic heterocycles. The molecule has 1 saturated heterocycles. The highest BCUT2D eigenvalue weighted by Crippen LogP contribution is 2.44. The van der Waals surface area contributed by atoms with Crippen molar-refractivity contribution in [3.05, 3.63) is 42.1 Å². The van der Waals surface area contributed by atoms with Crippen LogP contribution in [-0.4, -0.2) is 60.9 Å². The number of nitrogens with one attached hydrogen (secondary N) is 2. The van der Waals surface area contributed by atoms with Crippen molar-refractivity contribution < 1.29 is 0 Å². The highest BCUT2D eigenvalue weighted by atomic mass is 15.4. The van der Waals surface area contributed by atoms with Crippen molar-refractivity contribution in [3.63, 3.8) is 0 Å². The van der Waals surface area contributed by atoms with Crippen LogP contribution in [0.25, 0.3) is 22.3 Å². The van der Waals surface area contributed by atoms with Crippen molar-refractivity contribution in [1.29, 1.82) is 0 Å². The van der Waals surface area contributed by atoms with E-state index in [-0.39, 0.29) is 0 Å². The summed E-state index contributed by atoms with van der Waals surface area (Å²) in [5.41, 5.74) is 3.06. The summed E-state index contributed by atoms with van der Waals surface area (Å²) in [5.74, 6) is 4.35. The van der Waals surface area contributed by atoms with Crippen LogP contribution in [0, 0.1) is 0 Å². The molecule has 0 bridgehead atoms. The van der Waals surface area contributed by atoms with Gasteiger partial charge in [-0.2, -0.15) is 4.98 Å². The van der Waals surface area contributed by atoms with Crippen LogP contribution >= 0.6 is 0 Å². The Morgan fingerprint density at radius 3 is 2.74 bits per heavy atom. The summed E-state index contributed by atoms with van der Waals surface area (Å²) in [6, 6.07) is 3.89. The van der Waals surface area contributed by atoms with Gasteiger partial charge in [-0.05, 0) is 36.5 Å². The zero-order valence-corrected chi connectivity index (χ0v) is 19.5. The van der Waals surface area contributed by atoms with E-state index in [1.165, 1.54) is 18.4 Å². The molecule has 0 aromatic carbocycles. The largest absolute Gasteiger partial charge is 0.353 e. The monoisotopic (exact) mass is 456 g/mol. The van der Waals surface area contributed by atoms with E-state index in [2.05, 4.69) is 42.5 Å². The minimum absolute atomic E-state index is 0.531. The first kappa shape index (κ1) is 20.9. The maximum Gasteiger partial charge on any atom is 0.247 e. The first-order valence-corrected chi connectivity index (χ1v) is 11.9. The fourth-order valence-corrected chi connectivity index (χ4v) is 4.56. The quantitative estimate of drug-likeness (QED) is 0.452. The van der Waals surface area contributed by atoms with Crippen LogP contribution in [0.3, 0.4) is 0 Å². The summed E-state index contributed by atoms with van der Waals surface area (Å²) in [6.45, 7) is 5.80. The molecule has 0 radical (unpaired) electrons. The van der Waals surface area contributed by atoms with Crippen molar-refractivity contribution in [2.45, 2.75) is 32.1 Å². The maximum atomic E-state index is 5.11. The van der Waals surface area contributed by atoms with Crippen molar-refractivity contribution in [1.82, 2.24) is 40.0 Å². The Hall–Kier alpha value is -3.66. The summed E-state index contributed by atoms with van der Waals surface area (Å²) in [6.07, 6.45) is 8.87. The summed E-state index contributed by atoms with van der Waals surface area (Å²) in [5, 5.41) is 12.2. The van der Waals surface area contributed by atoms with E-state index in [1.807, 2.05) is 31.6 Å². The molecule has 2 aliphatic rings. The number of aryl methyl sites for hydroxylation is 2. The zero-order chi connectivity index (χ0) is 23.1. The number of rotatable bonds is 6. The van der Waals surface area contributed by atoms with Gasteiger partial charge in [0.15, 0.2) is 5.82 Å². The maximum absolute atomic E-state index is 5.11. The topological polar surface area (TPSA) is 110 Å². The zero-order valence-electron chi connectivity index (χ0n) is 19.5. The second-order valence-corrected chi connectivity index (χ2v) is 8.89. The Labute approximate surface area is 197 Å². The summed E-state index contributed by atoms with van der Waals surface area (Å²) in [4.78, 5) is 25.9. The lowest BCUT2D eigenvalue weighted by molar-refractivity contribution is 0.586. The lowest BCUT2D eigenvalue weighted by atomic mass is 10.1. The van der Waals surface area contributed by atoms with Crippen LogP contribution in [-0.2, 0) is 13.5 Å². The Morgan fingerprint density at radius 2 is 1.97 bits per heavy atom. The third-order valence-corrected chi connectivity index (χ3v) is 6.48. The number of fused-ring (bicyclic) bond motifs is 1. The van der Waals surface area contributed by atoms with Crippen LogP contribution in [0.1, 0.15) is 37.1 Å². The van der Waals surface area contributed by atoms with Gasteiger partial charge in [0.25, 0.3) is 0 Å². The van der Waals surface area contributed by atoms with E-state index >= 15 is 0 Å². The number of aromatic nitrogens is 7. The fourth-order valence-electron chi connectivity index (χ4n) is 4.56. The molecule has 0 spiro atoms. The molecular weight excluding hydrogens is 428 g/mol. The molecule has 1 aliphatic heterocycles. The van der Waals surface area contributed by atoms with E-state index in [9.17, 15) is 0 Å². The van der Waals surface area contributed by atoms with Crippen LogP contribution in [0.15, 0.2) is 30.7 Å². The smallest absolute Gasteiger partial charge is 0.247 e. The van der Waals surface area contributed by atoms with Crippen molar-refractivity contribution >= 4 is 28.5 Å². The fraction of sp³-hybridized carbons (Fsp3) is 0.417. The molecule has 34 heavy (non-hydrogen) atoms. The summed E-state index contributed by atoms with van der Waals surface area (Å²) < 4.78 is 1.78. The molecule has 2 fully saturated rings. The van der Waals surface area contributed by atoms with E-state index in [1.54, 1.807) is 10.9 Å². The van der Waals surface area contributed by atoms with Crippen LogP contribution in [0.4, 0.5) is 17.6 Å². The normalized spacial score (nSPS) is 16.2. The molecular formula is C24H28N10. The molecule has 4 aromatic rings. The minimum atomic E-state index is 0.531. The predicted molar refractivity (Wildman–Crippen MR) is 131 cm³/mol. The van der Waals surface area contributed by atoms with Gasteiger partial charge in [-0.25, -0.2) is 15.0 Å². The second kappa shape index (κ2) is 8.60. The molecule has 0 unspecified atom stereocenters. The van der Waals surface area contributed by atoms with Gasteiger partial charge in [-0.15, -0.1) is 5.10 Å². The molecule has 0 amide bonds. The van der Waals surface area contributed by atoms with Crippen molar-refractivity contribution in [2.75, 3.05) is 36.4 Å². The average Bonchev–Trinajstić information content (AvgIpc) is 3.66. The highest BCUT2D eigenvalue weighted by Gasteiger charge is 2.29. The van der Waals surface area contributed by atoms with E-state index in [4.69, 9.17) is 9.97 Å². The van der Waals surface area contributed by atoms with Gasteiger partial charge in [0, 0.05) is 63.0 Å². The van der Waals surface area contributed by atoms with E-state index in [0.717, 1.165) is 60.7 Å². The molecule has 10 nitrogen and oxygen atoms in total. The standard InChI is InChI=1S/C24H28N10/c1-3-20-30-24(32-33(20)2)29-19-12-16(6-7-27-19)22-28-18-14-26-13-17(15-4-5-15)21(18)23(31-22)34-10-8-25-9-11-34/h6-7,12-15,25H,3-5,8-11H2,1-2H3,(H,27,29,32). The summed E-state index contributed by atoms with van der Waals surface area (Å²) >= 11 is 0. The Balaban J connectivity index is 1.41. The number of pyridine rings is 2. The number of hydrogen-bond donors (Lipinski definition) is 2. The Morgan fingerprint density at radius 1 is 1.12 bits per heavy atom. The van der Waals surface area contributed by atoms with Crippen molar-refractivity contribution in [3.8, 4) is 11.4 Å². The van der Waals surface area contributed by atoms with Gasteiger partial charge in [0.05, 0.1) is 11.7 Å². The van der Waals surface area contributed by atoms with E-state index < -0.39 is 0 Å². The lowest BCUT2D eigenvalue weighted by Gasteiger charge is -2.30. The molecule has 5 heterocycles. The van der Waals surface area contributed by atoms with Crippen LogP contribution in [0.2, 0.25) is 0 Å². The van der Waals surface area contributed by atoms with Crippen LogP contribution < -0.4 is 15.5 Å². The average molecular weight is 457 g/mol. The molecule has 1 aliphatic carbocycles. The number of piperazine rings is 1. The lowest BCUT2D eigenvalue weighted by Crippen LogP contribution is -2.44. The first-order valence-electron chi connectivity index (χ1n) is 11.9. The highest BCUT2D eigenvalue weighted by molar-refractivity contribution is 5.94. The van der Waals surface area contributed by atoms with Gasteiger partial charge in [0.2, 0.25) is 5.95 Å². The van der Waals surface area contributed by atoms with Crippen LogP contribution in [0.5, 0.6) is 0 Å². The third kappa shape index (κ3) is 3.94. The molecule has 174 valence electrons. The summed E-state index contributed by atoms with van der Waals surface area (Å²) in [7, 11) is 1.89. The molecule has 0 atom stereocenters. The SMILES string of the molecule is CCc1nc(Nc2cc(-c3nc(N4CCNCC4)c4c(C5CC5)cncc4n3)ccn2)nn1C. The molecule has 1 saturated carbocycles. The van der Waals surface area contributed by atoms with Gasteiger partial charge in [-0.1, -0.05) is 6.92 Å². The third-order valence-electron chi connectivity index (χ3n) is 6.48. The van der Waals surface area contributed by atoms with E-state index in [0.29, 0.717) is 23.5 Å². The number of nitrogens with zero attached hydrogens (tertiary/aromatic N) is 8. The second-order valence-electron chi connectivity index (χ2n) is 8.89. The predicted octanol–water partition coefficient (Wildman–Crippen LogP) is 2.81. The van der Waals surface area contributed by atoms with Crippen molar-refractivity contribution in [2.24, 2.45) is 7.05 Å². The molecule has 10 heteroatoms. The Bertz CT molecular complexity index is 1340. The number of hydrogen-bond acceptors (Lipinski definition) is 9. The number of anilines is 3. The van der Waals surface area contributed by atoms with Gasteiger partial charge < -0.3 is 15.5 Å². The first-order chi connectivity index (χ1) is 16.7. The van der Waals surface area contributed by atoms with Gasteiger partial charge in [-0.3, -0.25) is 9.67 Å². The molecule has 2 N–H and O–H groups in total. The van der Waals surface area contributed by atoms with Gasteiger partial charge in [0.1, 0.15) is 17.5 Å². The van der Waals surface area contributed by atoms with Gasteiger partial charge >= 0.3 is 0 Å². The minimum Gasteiger partial charge on any atom is -0.353 e.